The average molecular weight is 447 g/mol. The van der Waals surface area contributed by atoms with Crippen molar-refractivity contribution in [2.45, 2.75) is 117 Å². The molecule has 3 heteroatoms. The zero-order chi connectivity index (χ0) is 22.7. The Hall–Kier alpha value is -0.120. The van der Waals surface area contributed by atoms with E-state index in [9.17, 15) is 5.11 Å². The van der Waals surface area contributed by atoms with Crippen LogP contribution in [0, 0.1) is 52.3 Å². The van der Waals surface area contributed by atoms with Gasteiger partial charge in [0.15, 0.2) is 5.79 Å². The van der Waals surface area contributed by atoms with E-state index in [1.54, 1.807) is 0 Å². The predicted octanol–water partition coefficient (Wildman–Crippen LogP) is 6.82. The molecule has 184 valence electrons. The van der Waals surface area contributed by atoms with Crippen LogP contribution in [-0.4, -0.2) is 30.2 Å². The lowest BCUT2D eigenvalue weighted by atomic mass is 9.43. The Balaban J connectivity index is 1.39. The van der Waals surface area contributed by atoms with E-state index < -0.39 is 5.79 Å². The van der Waals surface area contributed by atoms with Crippen LogP contribution in [0.1, 0.15) is 105 Å². The third-order valence-electron chi connectivity index (χ3n) is 11.6. The molecule has 5 aliphatic rings. The molecule has 1 saturated heterocycles. The molecule has 0 aromatic carbocycles. The Labute approximate surface area is 197 Å². The van der Waals surface area contributed by atoms with Gasteiger partial charge in [-0.25, -0.2) is 0 Å². The molecule has 1 aliphatic heterocycles. The first-order valence-corrected chi connectivity index (χ1v) is 14.2. The SMILES string of the molecule is CC(C)CCC[C@@H](C)[C@H]1CC[C@H]2[C@@H]3CC4(OCCO4)[C@@H]4C[C@@H](O)CC[C@]4(C)[C@H]3CC[C@]12C. The van der Waals surface area contributed by atoms with Crippen molar-refractivity contribution >= 4 is 0 Å². The van der Waals surface area contributed by atoms with Gasteiger partial charge in [0.05, 0.1) is 19.3 Å². The Kier molecular flexibility index (Phi) is 6.29. The summed E-state index contributed by atoms with van der Waals surface area (Å²) in [5.74, 6) is 4.86. The summed E-state index contributed by atoms with van der Waals surface area (Å²) in [6.45, 7) is 14.0. The van der Waals surface area contributed by atoms with Crippen LogP contribution in [0.2, 0.25) is 0 Å². The van der Waals surface area contributed by atoms with E-state index in [2.05, 4.69) is 34.6 Å². The summed E-state index contributed by atoms with van der Waals surface area (Å²) in [7, 11) is 0. The summed E-state index contributed by atoms with van der Waals surface area (Å²) in [6, 6.07) is 0. The van der Waals surface area contributed by atoms with Crippen LogP contribution in [-0.2, 0) is 9.47 Å². The molecule has 0 aromatic rings. The number of rotatable bonds is 5. The topological polar surface area (TPSA) is 38.7 Å². The van der Waals surface area contributed by atoms with E-state index in [0.29, 0.717) is 11.3 Å². The smallest absolute Gasteiger partial charge is 0.172 e. The largest absolute Gasteiger partial charge is 0.393 e. The molecule has 0 bridgehead atoms. The van der Waals surface area contributed by atoms with Crippen LogP contribution in [0.25, 0.3) is 0 Å². The highest BCUT2D eigenvalue weighted by atomic mass is 16.7. The quantitative estimate of drug-likeness (QED) is 0.503. The number of aliphatic hydroxyl groups is 1. The van der Waals surface area contributed by atoms with Crippen LogP contribution in [0.5, 0.6) is 0 Å². The highest BCUT2D eigenvalue weighted by Gasteiger charge is 2.67. The minimum atomic E-state index is -0.420. The molecule has 5 fully saturated rings. The van der Waals surface area contributed by atoms with Gasteiger partial charge in [-0.3, -0.25) is 0 Å². The fourth-order valence-electron chi connectivity index (χ4n) is 10.1. The Morgan fingerprint density at radius 2 is 1.56 bits per heavy atom. The maximum Gasteiger partial charge on any atom is 0.172 e. The van der Waals surface area contributed by atoms with Gasteiger partial charge in [0, 0.05) is 12.3 Å². The average Bonchev–Trinajstić information content (AvgIpc) is 3.34. The first kappa shape index (κ1) is 23.6. The van der Waals surface area contributed by atoms with Crippen LogP contribution in [0.3, 0.4) is 0 Å². The van der Waals surface area contributed by atoms with Crippen molar-refractivity contribution in [1.82, 2.24) is 0 Å². The molecule has 0 unspecified atom stereocenters. The maximum absolute atomic E-state index is 10.6. The molecule has 0 amide bonds. The Bertz CT molecular complexity index is 669. The van der Waals surface area contributed by atoms with Crippen molar-refractivity contribution in [3.05, 3.63) is 0 Å². The van der Waals surface area contributed by atoms with E-state index in [-0.39, 0.29) is 11.5 Å². The molecular weight excluding hydrogens is 396 g/mol. The predicted molar refractivity (Wildman–Crippen MR) is 129 cm³/mol. The number of hydrogen-bond acceptors (Lipinski definition) is 3. The summed E-state index contributed by atoms with van der Waals surface area (Å²) >= 11 is 0. The maximum atomic E-state index is 10.6. The van der Waals surface area contributed by atoms with Gasteiger partial charge in [-0.15, -0.1) is 0 Å². The third kappa shape index (κ3) is 3.63. The summed E-state index contributed by atoms with van der Waals surface area (Å²) in [6.07, 6.45) is 13.7. The number of fused-ring (bicyclic) bond motifs is 6. The summed E-state index contributed by atoms with van der Waals surface area (Å²) < 4.78 is 13.0. The molecule has 1 spiro atoms. The van der Waals surface area contributed by atoms with Crippen molar-refractivity contribution in [3.8, 4) is 0 Å². The van der Waals surface area contributed by atoms with Crippen LogP contribution in [0.15, 0.2) is 0 Å². The molecule has 32 heavy (non-hydrogen) atoms. The zero-order valence-corrected chi connectivity index (χ0v) is 21.6. The summed E-state index contributed by atoms with van der Waals surface area (Å²) in [4.78, 5) is 0. The Morgan fingerprint density at radius 1 is 0.875 bits per heavy atom. The van der Waals surface area contributed by atoms with Crippen molar-refractivity contribution in [2.24, 2.45) is 52.3 Å². The van der Waals surface area contributed by atoms with Gasteiger partial charge in [-0.05, 0) is 91.3 Å². The molecule has 1 heterocycles. The van der Waals surface area contributed by atoms with E-state index in [4.69, 9.17) is 9.47 Å². The molecule has 5 rings (SSSR count). The lowest BCUT2D eigenvalue weighted by molar-refractivity contribution is -0.298. The van der Waals surface area contributed by atoms with Gasteiger partial charge < -0.3 is 14.6 Å². The fraction of sp³-hybridized carbons (Fsp3) is 1.00. The summed E-state index contributed by atoms with van der Waals surface area (Å²) in [5, 5.41) is 10.6. The summed E-state index contributed by atoms with van der Waals surface area (Å²) in [5.41, 5.74) is 0.754. The number of ether oxygens (including phenoxy) is 2. The first-order chi connectivity index (χ1) is 15.2. The van der Waals surface area contributed by atoms with Gasteiger partial charge in [0.25, 0.3) is 0 Å². The van der Waals surface area contributed by atoms with Crippen molar-refractivity contribution in [2.75, 3.05) is 13.2 Å². The van der Waals surface area contributed by atoms with Crippen LogP contribution in [0.4, 0.5) is 0 Å². The van der Waals surface area contributed by atoms with Crippen molar-refractivity contribution in [3.63, 3.8) is 0 Å². The van der Waals surface area contributed by atoms with E-state index in [1.165, 1.54) is 44.9 Å². The van der Waals surface area contributed by atoms with Crippen molar-refractivity contribution < 1.29 is 14.6 Å². The molecule has 4 aliphatic carbocycles. The molecule has 3 nitrogen and oxygen atoms in total. The molecular formula is C29H50O3. The number of hydrogen-bond donors (Lipinski definition) is 1. The Morgan fingerprint density at radius 3 is 2.28 bits per heavy atom. The lowest BCUT2D eigenvalue weighted by Crippen LogP contribution is -2.63. The van der Waals surface area contributed by atoms with Crippen molar-refractivity contribution in [1.29, 1.82) is 0 Å². The second kappa shape index (κ2) is 8.52. The highest BCUT2D eigenvalue weighted by molar-refractivity contribution is 5.14. The van der Waals surface area contributed by atoms with Crippen LogP contribution < -0.4 is 0 Å². The van der Waals surface area contributed by atoms with Gasteiger partial charge in [0.2, 0.25) is 0 Å². The van der Waals surface area contributed by atoms with Gasteiger partial charge in [-0.1, -0.05) is 53.9 Å². The van der Waals surface area contributed by atoms with E-state index >= 15 is 0 Å². The van der Waals surface area contributed by atoms with Gasteiger partial charge in [-0.2, -0.15) is 0 Å². The van der Waals surface area contributed by atoms with E-state index in [0.717, 1.165) is 74.4 Å². The minimum Gasteiger partial charge on any atom is -0.393 e. The molecule has 0 aromatic heterocycles. The number of aliphatic hydroxyl groups excluding tert-OH is 1. The molecule has 9 atom stereocenters. The molecule has 0 radical (unpaired) electrons. The third-order valence-corrected chi connectivity index (χ3v) is 11.6. The second-order valence-electron chi connectivity index (χ2n) is 13.6. The lowest BCUT2D eigenvalue weighted by Gasteiger charge is -2.65. The minimum absolute atomic E-state index is 0.175. The van der Waals surface area contributed by atoms with Crippen LogP contribution >= 0.6 is 0 Å². The monoisotopic (exact) mass is 446 g/mol. The normalized spacial score (nSPS) is 48.5. The standard InChI is InChI=1S/C29H50O3/c1-19(2)7-6-8-20(3)23-9-10-24-22-18-29(31-15-16-32-29)26-17-21(30)11-13-28(26,5)25(22)12-14-27(23,24)4/h19-26,30H,6-18H2,1-5H3/t20-,21+,22+,23-,24+,25+,26-,27-,28-/m1/s1. The zero-order valence-electron chi connectivity index (χ0n) is 21.6. The van der Waals surface area contributed by atoms with Gasteiger partial charge in [0.1, 0.15) is 0 Å². The first-order valence-electron chi connectivity index (χ1n) is 14.2. The molecule has 1 N–H and O–H groups in total. The second-order valence-corrected chi connectivity index (χ2v) is 13.6. The highest BCUT2D eigenvalue weighted by Crippen LogP contribution is 2.70. The van der Waals surface area contributed by atoms with Gasteiger partial charge >= 0.3 is 0 Å². The molecule has 4 saturated carbocycles. The fourth-order valence-corrected chi connectivity index (χ4v) is 10.1. The van der Waals surface area contributed by atoms with E-state index in [1.807, 2.05) is 0 Å².